The number of amides is 1. The largest absolute Gasteiger partial charge is 0.339 e. The predicted molar refractivity (Wildman–Crippen MR) is 76.9 cm³/mol. The molecule has 2 nitrogen and oxygen atoms in total. The summed E-state index contributed by atoms with van der Waals surface area (Å²) in [5.41, 5.74) is 1.11. The molecule has 19 heavy (non-hydrogen) atoms. The van der Waals surface area contributed by atoms with Gasteiger partial charge in [-0.3, -0.25) is 4.79 Å². The third-order valence-corrected chi connectivity index (χ3v) is 3.20. The van der Waals surface area contributed by atoms with E-state index < -0.39 is 5.82 Å². The van der Waals surface area contributed by atoms with E-state index in [0.717, 1.165) is 31.2 Å². The molecule has 0 saturated heterocycles. The second-order valence-electron chi connectivity index (χ2n) is 4.98. The zero-order chi connectivity index (χ0) is 14.3. The lowest BCUT2D eigenvalue weighted by atomic mass is 10.1. The van der Waals surface area contributed by atoms with E-state index >= 15 is 0 Å². The molecule has 1 aromatic carbocycles. The maximum absolute atomic E-state index is 13.8. The van der Waals surface area contributed by atoms with E-state index in [2.05, 4.69) is 13.8 Å². The summed E-state index contributed by atoms with van der Waals surface area (Å²) in [6.07, 6.45) is 3.99. The summed E-state index contributed by atoms with van der Waals surface area (Å²) in [7, 11) is 0. The standard InChI is InChI=1S/C16H24FNO/c1-4-6-10-18(11-7-5-2)16(19)14-12-13(3)8-9-15(14)17/h8-9,12H,4-7,10-11H2,1-3H3. The van der Waals surface area contributed by atoms with E-state index in [4.69, 9.17) is 0 Å². The average molecular weight is 265 g/mol. The van der Waals surface area contributed by atoms with Crippen molar-refractivity contribution in [1.82, 2.24) is 4.90 Å². The van der Waals surface area contributed by atoms with Gasteiger partial charge in [-0.25, -0.2) is 4.39 Å². The van der Waals surface area contributed by atoms with Gasteiger partial charge in [0.05, 0.1) is 5.56 Å². The summed E-state index contributed by atoms with van der Waals surface area (Å²) >= 11 is 0. The summed E-state index contributed by atoms with van der Waals surface area (Å²) in [6, 6.07) is 4.71. The fourth-order valence-electron chi connectivity index (χ4n) is 1.99. The van der Waals surface area contributed by atoms with Crippen molar-refractivity contribution < 1.29 is 9.18 Å². The van der Waals surface area contributed by atoms with Gasteiger partial charge in [0.15, 0.2) is 0 Å². The summed E-state index contributed by atoms with van der Waals surface area (Å²) in [4.78, 5) is 14.2. The molecule has 106 valence electrons. The van der Waals surface area contributed by atoms with Crippen LogP contribution in [0.2, 0.25) is 0 Å². The normalized spacial score (nSPS) is 10.5. The van der Waals surface area contributed by atoms with Crippen molar-refractivity contribution in [3.63, 3.8) is 0 Å². The Kier molecular flexibility index (Phi) is 6.54. The third-order valence-electron chi connectivity index (χ3n) is 3.20. The Morgan fingerprint density at radius 2 is 1.74 bits per heavy atom. The highest BCUT2D eigenvalue weighted by Gasteiger charge is 2.18. The zero-order valence-electron chi connectivity index (χ0n) is 12.2. The molecule has 0 saturated carbocycles. The number of rotatable bonds is 7. The highest BCUT2D eigenvalue weighted by molar-refractivity contribution is 5.94. The van der Waals surface area contributed by atoms with Gasteiger partial charge >= 0.3 is 0 Å². The van der Waals surface area contributed by atoms with Gasteiger partial charge in [-0.05, 0) is 31.9 Å². The molecular weight excluding hydrogens is 241 g/mol. The van der Waals surface area contributed by atoms with E-state index in [9.17, 15) is 9.18 Å². The Balaban J connectivity index is 2.87. The molecule has 1 rings (SSSR count). The maximum atomic E-state index is 13.8. The summed E-state index contributed by atoms with van der Waals surface area (Å²) in [5, 5.41) is 0. The lowest BCUT2D eigenvalue weighted by Gasteiger charge is -2.23. The molecule has 0 bridgehead atoms. The smallest absolute Gasteiger partial charge is 0.256 e. The van der Waals surface area contributed by atoms with Gasteiger partial charge in [0, 0.05) is 13.1 Å². The topological polar surface area (TPSA) is 20.3 Å². The number of carbonyl (C=O) groups excluding carboxylic acids is 1. The molecule has 0 heterocycles. The van der Waals surface area contributed by atoms with Gasteiger partial charge in [0.25, 0.3) is 5.91 Å². The van der Waals surface area contributed by atoms with Crippen molar-refractivity contribution in [2.24, 2.45) is 0 Å². The molecule has 0 aliphatic carbocycles. The number of benzene rings is 1. The number of unbranched alkanes of at least 4 members (excludes halogenated alkanes) is 2. The molecule has 0 aliphatic rings. The van der Waals surface area contributed by atoms with Gasteiger partial charge in [-0.2, -0.15) is 0 Å². The van der Waals surface area contributed by atoms with Crippen LogP contribution in [-0.2, 0) is 0 Å². The van der Waals surface area contributed by atoms with Crippen LogP contribution in [0.1, 0.15) is 55.5 Å². The molecule has 1 aromatic rings. The Morgan fingerprint density at radius 3 is 2.26 bits per heavy atom. The lowest BCUT2D eigenvalue weighted by molar-refractivity contribution is 0.0746. The van der Waals surface area contributed by atoms with Crippen molar-refractivity contribution in [2.75, 3.05) is 13.1 Å². The predicted octanol–water partition coefficient (Wildman–Crippen LogP) is 4.18. The van der Waals surface area contributed by atoms with E-state index in [1.807, 2.05) is 6.92 Å². The molecule has 0 aromatic heterocycles. The van der Waals surface area contributed by atoms with Crippen LogP contribution < -0.4 is 0 Å². The highest BCUT2D eigenvalue weighted by Crippen LogP contribution is 2.14. The van der Waals surface area contributed by atoms with Crippen LogP contribution in [-0.4, -0.2) is 23.9 Å². The first kappa shape index (κ1) is 15.7. The molecule has 0 radical (unpaired) electrons. The van der Waals surface area contributed by atoms with Gasteiger partial charge in [0.1, 0.15) is 5.82 Å². The first-order valence-electron chi connectivity index (χ1n) is 7.15. The average Bonchev–Trinajstić information content (AvgIpc) is 2.41. The summed E-state index contributed by atoms with van der Waals surface area (Å²) in [5.74, 6) is -0.600. The van der Waals surface area contributed by atoms with E-state index in [1.54, 1.807) is 17.0 Å². The minimum Gasteiger partial charge on any atom is -0.339 e. The Labute approximate surface area is 115 Å². The van der Waals surface area contributed by atoms with Crippen LogP contribution in [0.3, 0.4) is 0 Å². The number of hydrogen-bond donors (Lipinski definition) is 0. The Hall–Kier alpha value is -1.38. The van der Waals surface area contributed by atoms with Crippen LogP contribution in [0.15, 0.2) is 18.2 Å². The second-order valence-corrected chi connectivity index (χ2v) is 4.98. The SMILES string of the molecule is CCCCN(CCCC)C(=O)c1cc(C)ccc1F. The zero-order valence-corrected chi connectivity index (χ0v) is 12.2. The number of halogens is 1. The number of nitrogens with zero attached hydrogens (tertiary/aromatic N) is 1. The molecule has 0 fully saturated rings. The Morgan fingerprint density at radius 1 is 1.16 bits per heavy atom. The van der Waals surface area contributed by atoms with Gasteiger partial charge < -0.3 is 4.90 Å². The quantitative estimate of drug-likeness (QED) is 0.724. The van der Waals surface area contributed by atoms with Crippen LogP contribution in [0, 0.1) is 12.7 Å². The monoisotopic (exact) mass is 265 g/mol. The van der Waals surface area contributed by atoms with Gasteiger partial charge in [-0.1, -0.05) is 38.3 Å². The lowest BCUT2D eigenvalue weighted by Crippen LogP contribution is -2.33. The molecular formula is C16H24FNO. The summed E-state index contributed by atoms with van der Waals surface area (Å²) < 4.78 is 13.8. The second kappa shape index (κ2) is 7.93. The molecule has 3 heteroatoms. The maximum Gasteiger partial charge on any atom is 0.256 e. The van der Waals surface area contributed by atoms with E-state index in [-0.39, 0.29) is 11.5 Å². The van der Waals surface area contributed by atoms with Crippen LogP contribution >= 0.6 is 0 Å². The minimum absolute atomic E-state index is 0.178. The number of carbonyl (C=O) groups is 1. The first-order chi connectivity index (χ1) is 9.10. The van der Waals surface area contributed by atoms with Gasteiger partial charge in [0.2, 0.25) is 0 Å². The van der Waals surface area contributed by atoms with E-state index in [1.165, 1.54) is 6.07 Å². The number of hydrogen-bond acceptors (Lipinski definition) is 1. The first-order valence-corrected chi connectivity index (χ1v) is 7.15. The van der Waals surface area contributed by atoms with Crippen LogP contribution in [0.4, 0.5) is 4.39 Å². The summed E-state index contributed by atoms with van der Waals surface area (Å²) in [6.45, 7) is 7.48. The van der Waals surface area contributed by atoms with Crippen molar-refractivity contribution in [3.8, 4) is 0 Å². The van der Waals surface area contributed by atoms with Crippen molar-refractivity contribution >= 4 is 5.91 Å². The van der Waals surface area contributed by atoms with Crippen LogP contribution in [0.25, 0.3) is 0 Å². The van der Waals surface area contributed by atoms with E-state index in [0.29, 0.717) is 13.1 Å². The van der Waals surface area contributed by atoms with Gasteiger partial charge in [-0.15, -0.1) is 0 Å². The fourth-order valence-corrected chi connectivity index (χ4v) is 1.99. The Bertz CT molecular complexity index is 409. The molecule has 0 aliphatic heterocycles. The number of aryl methyl sites for hydroxylation is 1. The molecule has 1 amide bonds. The highest BCUT2D eigenvalue weighted by atomic mass is 19.1. The van der Waals surface area contributed by atoms with Crippen molar-refractivity contribution in [3.05, 3.63) is 35.1 Å². The molecule has 0 N–H and O–H groups in total. The third kappa shape index (κ3) is 4.66. The molecule has 0 unspecified atom stereocenters. The fraction of sp³-hybridized carbons (Fsp3) is 0.562. The van der Waals surface area contributed by atoms with Crippen molar-refractivity contribution in [1.29, 1.82) is 0 Å². The van der Waals surface area contributed by atoms with Crippen LogP contribution in [0.5, 0.6) is 0 Å². The molecule has 0 spiro atoms. The minimum atomic E-state index is -0.423. The van der Waals surface area contributed by atoms with Crippen molar-refractivity contribution in [2.45, 2.75) is 46.5 Å². The molecule has 0 atom stereocenters.